The summed E-state index contributed by atoms with van der Waals surface area (Å²) in [7, 11) is 0. The lowest BCUT2D eigenvalue weighted by atomic mass is 10.1. The molecule has 0 unspecified atom stereocenters. The number of ether oxygens (including phenoxy) is 1. The number of hydrogen-bond donors (Lipinski definition) is 6. The van der Waals surface area contributed by atoms with Crippen LogP contribution in [0.5, 0.6) is 0 Å². The van der Waals surface area contributed by atoms with E-state index in [-0.39, 0.29) is 30.6 Å². The molecule has 0 radical (unpaired) electrons. The van der Waals surface area contributed by atoms with Crippen molar-refractivity contribution >= 4 is 47.3 Å². The van der Waals surface area contributed by atoms with Gasteiger partial charge in [0.2, 0.25) is 5.91 Å². The summed E-state index contributed by atoms with van der Waals surface area (Å²) in [5.41, 5.74) is 2.80. The van der Waals surface area contributed by atoms with Crippen molar-refractivity contribution in [2.24, 2.45) is 0 Å². The predicted molar refractivity (Wildman–Crippen MR) is 199 cm³/mol. The smallest absolute Gasteiger partial charge is 0.417 e. The summed E-state index contributed by atoms with van der Waals surface area (Å²) in [5, 5.41) is 28.6. The van der Waals surface area contributed by atoms with E-state index < -0.39 is 29.3 Å². The van der Waals surface area contributed by atoms with Gasteiger partial charge in [-0.2, -0.15) is 0 Å². The number of carbonyl (C=O) groups excluding carboxylic acids is 2. The third-order valence-corrected chi connectivity index (χ3v) is 7.28. The van der Waals surface area contributed by atoms with Crippen LogP contribution in [0.4, 0.5) is 32.5 Å². The summed E-state index contributed by atoms with van der Waals surface area (Å²) in [6, 6.07) is 21.5. The van der Waals surface area contributed by atoms with Gasteiger partial charge < -0.3 is 25.8 Å². The van der Waals surface area contributed by atoms with Crippen LogP contribution in [0.25, 0.3) is 11.3 Å². The summed E-state index contributed by atoms with van der Waals surface area (Å²) in [6.45, 7) is 9.38. The normalized spacial score (nSPS) is 11.0. The van der Waals surface area contributed by atoms with Crippen LogP contribution in [0.15, 0.2) is 83.8 Å². The molecular formula is C37H44N8O6. The Bertz CT molecular complexity index is 1900. The molecule has 1 aromatic heterocycles. The highest BCUT2D eigenvalue weighted by Crippen LogP contribution is 2.28. The van der Waals surface area contributed by atoms with Crippen LogP contribution in [0.3, 0.4) is 0 Å². The average Bonchev–Trinajstić information content (AvgIpc) is 3.05. The molecule has 0 saturated heterocycles. The Labute approximate surface area is 296 Å². The van der Waals surface area contributed by atoms with Crippen molar-refractivity contribution in [3.05, 3.63) is 100 Å². The molecule has 0 fully saturated rings. The van der Waals surface area contributed by atoms with E-state index in [4.69, 9.17) is 10.1 Å². The van der Waals surface area contributed by atoms with Crippen molar-refractivity contribution in [3.63, 3.8) is 0 Å². The Morgan fingerprint density at radius 2 is 1.69 bits per heavy atom. The molecule has 0 aliphatic heterocycles. The molecule has 0 aliphatic carbocycles. The highest BCUT2D eigenvalue weighted by Gasteiger charge is 2.20. The minimum absolute atomic E-state index is 0.0792. The summed E-state index contributed by atoms with van der Waals surface area (Å²) >= 11 is 0. The zero-order valence-electron chi connectivity index (χ0n) is 29.3. The van der Waals surface area contributed by atoms with Gasteiger partial charge in [-0.25, -0.2) is 19.5 Å². The van der Waals surface area contributed by atoms with Crippen molar-refractivity contribution in [2.75, 3.05) is 27.4 Å². The number of benzene rings is 3. The maximum absolute atomic E-state index is 13.8. The largest absolute Gasteiger partial charge is 0.464 e. The van der Waals surface area contributed by atoms with Gasteiger partial charge in [0.1, 0.15) is 12.1 Å². The molecular weight excluding hydrogens is 652 g/mol. The van der Waals surface area contributed by atoms with E-state index >= 15 is 0 Å². The molecule has 14 heteroatoms. The molecule has 14 nitrogen and oxygen atoms in total. The number of nitrogens with zero attached hydrogens (tertiary/aromatic N) is 3. The van der Waals surface area contributed by atoms with E-state index in [0.29, 0.717) is 41.1 Å². The molecule has 51 heavy (non-hydrogen) atoms. The van der Waals surface area contributed by atoms with E-state index in [1.54, 1.807) is 45.0 Å². The second-order valence-electron chi connectivity index (χ2n) is 13.0. The Balaban J connectivity index is 1.64. The maximum atomic E-state index is 13.8. The highest BCUT2D eigenvalue weighted by molar-refractivity contribution is 6.03. The summed E-state index contributed by atoms with van der Waals surface area (Å²) < 4.78 is 6.80. The Morgan fingerprint density at radius 3 is 2.31 bits per heavy atom. The van der Waals surface area contributed by atoms with Crippen molar-refractivity contribution in [1.29, 1.82) is 5.41 Å². The summed E-state index contributed by atoms with van der Waals surface area (Å²) in [4.78, 5) is 56.4. The molecule has 0 atom stereocenters. The first-order valence-corrected chi connectivity index (χ1v) is 16.4. The first-order valence-electron chi connectivity index (χ1n) is 16.4. The molecule has 0 bridgehead atoms. The van der Waals surface area contributed by atoms with Crippen LogP contribution >= 0.6 is 0 Å². The van der Waals surface area contributed by atoms with Crippen molar-refractivity contribution in [3.8, 4) is 11.3 Å². The lowest BCUT2D eigenvalue weighted by molar-refractivity contribution is -0.121. The Morgan fingerprint density at radius 1 is 1.00 bits per heavy atom. The van der Waals surface area contributed by atoms with E-state index in [1.165, 1.54) is 22.9 Å². The van der Waals surface area contributed by atoms with Gasteiger partial charge in [0.15, 0.2) is 5.82 Å². The molecule has 4 rings (SSSR count). The first-order chi connectivity index (χ1) is 24.2. The molecule has 1 heterocycles. The van der Waals surface area contributed by atoms with E-state index in [9.17, 15) is 24.3 Å². The molecule has 3 aromatic carbocycles. The van der Waals surface area contributed by atoms with Crippen molar-refractivity contribution < 1.29 is 24.2 Å². The van der Waals surface area contributed by atoms with Crippen molar-refractivity contribution in [1.82, 2.24) is 14.9 Å². The van der Waals surface area contributed by atoms with Crippen LogP contribution in [0, 0.1) is 5.41 Å². The van der Waals surface area contributed by atoms with E-state index in [1.807, 2.05) is 50.2 Å². The number of anilines is 4. The van der Waals surface area contributed by atoms with Gasteiger partial charge in [-0.05, 0) is 82.5 Å². The van der Waals surface area contributed by atoms with E-state index in [2.05, 4.69) is 26.3 Å². The standard InChI is InChI=1S/C37H44N8O6/c1-24(2)42-33-34(47)44(22-32(46)40-20-26-11-13-30(14-12-26)45(23-38)36(49)50)31(21-41-33)27-17-28(39-16-15-25-9-7-6-8-10-25)19-29(18-27)43-35(48)51-37(3,4)5/h6-14,17-19,21,23-24,38-39H,15-16,20,22H2,1-5H3,(H,40,46)(H,41,42)(H,43,48)(H,49,50). The number of carboxylic acid groups (broad SMARTS) is 1. The van der Waals surface area contributed by atoms with Crippen LogP contribution in [0.2, 0.25) is 0 Å². The van der Waals surface area contributed by atoms with Gasteiger partial charge in [-0.15, -0.1) is 0 Å². The number of amides is 3. The lowest BCUT2D eigenvalue weighted by Gasteiger charge is -2.21. The molecule has 0 aliphatic rings. The zero-order valence-corrected chi connectivity index (χ0v) is 29.3. The minimum atomic E-state index is -1.29. The number of nitrogens with one attached hydrogen (secondary N) is 5. The van der Waals surface area contributed by atoms with Gasteiger partial charge in [-0.1, -0.05) is 42.5 Å². The zero-order chi connectivity index (χ0) is 37.1. The topological polar surface area (TPSA) is 191 Å². The van der Waals surface area contributed by atoms with Gasteiger partial charge in [-0.3, -0.25) is 24.9 Å². The third kappa shape index (κ3) is 11.2. The maximum Gasteiger partial charge on any atom is 0.417 e. The number of rotatable bonds is 14. The lowest BCUT2D eigenvalue weighted by Crippen LogP contribution is -2.35. The Hall–Kier alpha value is -6.18. The molecule has 6 N–H and O–H groups in total. The number of carbonyl (C=O) groups is 3. The number of hydrogen-bond acceptors (Lipinski definition) is 9. The quantitative estimate of drug-likeness (QED) is 0.0664. The fourth-order valence-electron chi connectivity index (χ4n) is 5.03. The second kappa shape index (κ2) is 17.0. The fourth-order valence-corrected chi connectivity index (χ4v) is 5.03. The van der Waals surface area contributed by atoms with Gasteiger partial charge in [0.25, 0.3) is 5.56 Å². The summed E-state index contributed by atoms with van der Waals surface area (Å²) in [6.07, 6.45) is 1.000. The third-order valence-electron chi connectivity index (χ3n) is 7.28. The van der Waals surface area contributed by atoms with Gasteiger partial charge in [0.05, 0.1) is 23.9 Å². The fraction of sp³-hybridized carbons (Fsp3) is 0.297. The van der Waals surface area contributed by atoms with Crippen LogP contribution in [-0.4, -0.2) is 57.3 Å². The predicted octanol–water partition coefficient (Wildman–Crippen LogP) is 6.14. The highest BCUT2D eigenvalue weighted by atomic mass is 16.6. The minimum Gasteiger partial charge on any atom is -0.464 e. The summed E-state index contributed by atoms with van der Waals surface area (Å²) in [5.74, 6) is -0.379. The number of aromatic nitrogens is 2. The molecule has 0 spiro atoms. The monoisotopic (exact) mass is 696 g/mol. The van der Waals surface area contributed by atoms with Gasteiger partial charge in [0, 0.05) is 36.1 Å². The van der Waals surface area contributed by atoms with Crippen LogP contribution < -0.4 is 31.7 Å². The van der Waals surface area contributed by atoms with E-state index in [0.717, 1.165) is 16.9 Å². The molecule has 268 valence electrons. The van der Waals surface area contributed by atoms with Gasteiger partial charge >= 0.3 is 12.2 Å². The van der Waals surface area contributed by atoms with Crippen molar-refractivity contribution in [2.45, 2.75) is 65.8 Å². The van der Waals surface area contributed by atoms with Crippen LogP contribution in [-0.2, 0) is 29.0 Å². The SMILES string of the molecule is CC(C)Nc1ncc(-c2cc(NCCc3ccccc3)cc(NC(=O)OC(C)(C)C)c2)n(CC(=O)NCc2ccc(N(C=N)C(=O)O)cc2)c1=O. The molecule has 3 amide bonds. The Kier molecular flexibility index (Phi) is 12.5. The first kappa shape index (κ1) is 37.6. The molecule has 0 saturated carbocycles. The van der Waals surface area contributed by atoms with Crippen LogP contribution in [0.1, 0.15) is 45.7 Å². The second-order valence-corrected chi connectivity index (χ2v) is 13.0. The molecule has 4 aromatic rings. The average molecular weight is 697 g/mol.